The summed E-state index contributed by atoms with van der Waals surface area (Å²) in [6, 6.07) is 8.59. The Bertz CT molecular complexity index is 1050. The number of ether oxygens (including phenoxy) is 2. The van der Waals surface area contributed by atoms with Crippen LogP contribution >= 0.6 is 22.9 Å². The predicted octanol–water partition coefficient (Wildman–Crippen LogP) is 2.36. The lowest BCUT2D eigenvalue weighted by Crippen LogP contribution is -2.51. The van der Waals surface area contributed by atoms with Crippen LogP contribution in [0.15, 0.2) is 34.5 Å². The number of hydrogen-bond donors (Lipinski definition) is 1. The number of rotatable bonds is 6. The largest absolute Gasteiger partial charge is 0.486 e. The third-order valence-electron chi connectivity index (χ3n) is 5.28. The highest BCUT2D eigenvalue weighted by atomic mass is 35.5. The summed E-state index contributed by atoms with van der Waals surface area (Å²) in [4.78, 5) is 14.5. The van der Waals surface area contributed by atoms with E-state index in [1.807, 2.05) is 30.0 Å². The first kappa shape index (κ1) is 22.3. The average molecular weight is 486 g/mol. The highest BCUT2D eigenvalue weighted by Crippen LogP contribution is 2.32. The van der Waals surface area contributed by atoms with Crippen LogP contribution in [0.25, 0.3) is 0 Å². The molecule has 1 atom stereocenters. The lowest BCUT2D eigenvalue weighted by Gasteiger charge is -2.33. The molecule has 0 aliphatic carbocycles. The van der Waals surface area contributed by atoms with Crippen LogP contribution in [0.3, 0.4) is 0 Å². The Morgan fingerprint density at radius 1 is 1.13 bits per heavy atom. The van der Waals surface area contributed by atoms with Gasteiger partial charge in [-0.1, -0.05) is 17.7 Å². The molecule has 4 rings (SSSR count). The van der Waals surface area contributed by atoms with Gasteiger partial charge in [-0.2, -0.15) is 4.31 Å². The molecule has 168 valence electrons. The fraction of sp³-hybridized carbons (Fsp3) is 0.450. The van der Waals surface area contributed by atoms with Crippen LogP contribution < -0.4 is 14.8 Å². The minimum Gasteiger partial charge on any atom is -0.486 e. The molecule has 1 aromatic carbocycles. The number of hydrogen-bond acceptors (Lipinski definition) is 7. The summed E-state index contributed by atoms with van der Waals surface area (Å²) in [6.45, 7) is 4.83. The molecule has 0 spiro atoms. The topological polar surface area (TPSA) is 88.2 Å². The smallest absolute Gasteiger partial charge is 0.252 e. The lowest BCUT2D eigenvalue weighted by molar-refractivity contribution is -0.123. The van der Waals surface area contributed by atoms with Gasteiger partial charge in [0.1, 0.15) is 17.4 Å². The van der Waals surface area contributed by atoms with Gasteiger partial charge in [0, 0.05) is 26.2 Å². The zero-order valence-electron chi connectivity index (χ0n) is 17.0. The highest BCUT2D eigenvalue weighted by Gasteiger charge is 2.30. The van der Waals surface area contributed by atoms with Crippen LogP contribution in [0.2, 0.25) is 4.34 Å². The van der Waals surface area contributed by atoms with E-state index in [1.165, 1.54) is 10.4 Å². The number of carbonyl (C=O) groups is 1. The van der Waals surface area contributed by atoms with Gasteiger partial charge in [0.2, 0.25) is 5.91 Å². The quantitative estimate of drug-likeness (QED) is 0.675. The van der Waals surface area contributed by atoms with Gasteiger partial charge in [0.05, 0.1) is 16.9 Å². The van der Waals surface area contributed by atoms with E-state index in [1.54, 1.807) is 6.07 Å². The first-order valence-corrected chi connectivity index (χ1v) is 12.6. The summed E-state index contributed by atoms with van der Waals surface area (Å²) >= 11 is 6.93. The van der Waals surface area contributed by atoms with Gasteiger partial charge in [0.25, 0.3) is 10.0 Å². The monoisotopic (exact) mass is 485 g/mol. The molecule has 0 unspecified atom stereocenters. The van der Waals surface area contributed by atoms with Gasteiger partial charge in [-0.25, -0.2) is 8.42 Å². The molecule has 0 saturated carbocycles. The Balaban J connectivity index is 1.28. The number of benzene rings is 1. The number of nitrogens with one attached hydrogen (secondary N) is 1. The number of piperazine rings is 1. The van der Waals surface area contributed by atoms with Crippen molar-refractivity contribution < 1.29 is 22.7 Å². The fourth-order valence-corrected chi connectivity index (χ4v) is 6.65. The van der Waals surface area contributed by atoms with Crippen molar-refractivity contribution in [2.75, 3.05) is 45.9 Å². The summed E-state index contributed by atoms with van der Waals surface area (Å²) in [5.41, 5.74) is 0.933. The van der Waals surface area contributed by atoms with E-state index in [0.29, 0.717) is 55.2 Å². The number of halogens is 1. The van der Waals surface area contributed by atoms with Crippen LogP contribution in [-0.4, -0.2) is 69.5 Å². The number of fused-ring (bicyclic) bond motifs is 1. The normalized spacial score (nSPS) is 18.5. The molecule has 8 nitrogen and oxygen atoms in total. The van der Waals surface area contributed by atoms with E-state index in [9.17, 15) is 13.2 Å². The van der Waals surface area contributed by atoms with E-state index in [-0.39, 0.29) is 22.7 Å². The predicted molar refractivity (Wildman–Crippen MR) is 119 cm³/mol. The third kappa shape index (κ3) is 5.15. The minimum atomic E-state index is -3.54. The van der Waals surface area contributed by atoms with Gasteiger partial charge >= 0.3 is 0 Å². The van der Waals surface area contributed by atoms with Crippen LogP contribution in [0.4, 0.5) is 0 Å². The van der Waals surface area contributed by atoms with E-state index in [2.05, 4.69) is 5.32 Å². The first-order chi connectivity index (χ1) is 14.8. The van der Waals surface area contributed by atoms with Gasteiger partial charge in [0.15, 0.2) is 11.5 Å². The maximum atomic E-state index is 12.7. The summed E-state index contributed by atoms with van der Waals surface area (Å²) in [6.07, 6.45) is 0. The van der Waals surface area contributed by atoms with Crippen molar-refractivity contribution in [3.05, 3.63) is 40.2 Å². The highest BCUT2D eigenvalue weighted by molar-refractivity contribution is 7.91. The molecule has 2 aliphatic rings. The van der Waals surface area contributed by atoms with Crippen molar-refractivity contribution >= 4 is 38.9 Å². The van der Waals surface area contributed by atoms with Crippen molar-refractivity contribution in [3.8, 4) is 11.5 Å². The number of sulfonamides is 1. The van der Waals surface area contributed by atoms with Crippen molar-refractivity contribution in [1.29, 1.82) is 0 Å². The fourth-order valence-electron chi connectivity index (χ4n) is 3.59. The van der Waals surface area contributed by atoms with Crippen LogP contribution in [0.5, 0.6) is 11.5 Å². The van der Waals surface area contributed by atoms with Crippen LogP contribution in [-0.2, 0) is 14.8 Å². The molecule has 0 radical (unpaired) electrons. The third-order valence-corrected chi connectivity index (χ3v) is 8.88. The Labute approximate surface area is 190 Å². The van der Waals surface area contributed by atoms with Gasteiger partial charge < -0.3 is 14.8 Å². The second kappa shape index (κ2) is 9.33. The van der Waals surface area contributed by atoms with Crippen LogP contribution in [0.1, 0.15) is 18.5 Å². The Hall–Kier alpha value is -1.85. The Morgan fingerprint density at radius 2 is 1.84 bits per heavy atom. The molecule has 2 aliphatic heterocycles. The number of thiophene rings is 1. The summed E-state index contributed by atoms with van der Waals surface area (Å²) in [5.74, 6) is 1.30. The second-order valence-corrected chi connectivity index (χ2v) is 11.3. The summed E-state index contributed by atoms with van der Waals surface area (Å²) < 4.78 is 38.7. The summed E-state index contributed by atoms with van der Waals surface area (Å²) in [5, 5.41) is 3.00. The molecule has 0 bridgehead atoms. The number of carbonyl (C=O) groups excluding carboxylic acids is 1. The van der Waals surface area contributed by atoms with E-state index < -0.39 is 10.0 Å². The zero-order chi connectivity index (χ0) is 22.0. The number of nitrogens with zero attached hydrogens (tertiary/aromatic N) is 2. The van der Waals surface area contributed by atoms with Gasteiger partial charge in [-0.3, -0.25) is 9.69 Å². The minimum absolute atomic E-state index is 0.108. The van der Waals surface area contributed by atoms with Crippen molar-refractivity contribution in [1.82, 2.24) is 14.5 Å². The second-order valence-electron chi connectivity index (χ2n) is 7.43. The van der Waals surface area contributed by atoms with Crippen molar-refractivity contribution in [3.63, 3.8) is 0 Å². The lowest BCUT2D eigenvalue weighted by atomic mass is 10.1. The SMILES string of the molecule is C[C@@H](NC(=O)CN1CCN(S(=O)(=O)c2ccc(Cl)s2)CC1)c1ccc2c(c1)OCCO2. The molecule has 11 heteroatoms. The van der Waals surface area contributed by atoms with Crippen molar-refractivity contribution in [2.45, 2.75) is 17.2 Å². The Kier molecular flexibility index (Phi) is 6.73. The molecule has 1 N–H and O–H groups in total. The van der Waals surface area contributed by atoms with Gasteiger partial charge in [-0.15, -0.1) is 11.3 Å². The average Bonchev–Trinajstić information content (AvgIpc) is 3.21. The molecule has 1 aromatic heterocycles. The number of amides is 1. The van der Waals surface area contributed by atoms with E-state index in [4.69, 9.17) is 21.1 Å². The summed E-state index contributed by atoms with van der Waals surface area (Å²) in [7, 11) is -3.54. The first-order valence-electron chi connectivity index (χ1n) is 10.00. The molecule has 1 amide bonds. The van der Waals surface area contributed by atoms with Gasteiger partial charge in [-0.05, 0) is 36.8 Å². The van der Waals surface area contributed by atoms with Crippen molar-refractivity contribution in [2.24, 2.45) is 0 Å². The maximum Gasteiger partial charge on any atom is 0.252 e. The molecule has 2 aromatic rings. The zero-order valence-corrected chi connectivity index (χ0v) is 19.4. The van der Waals surface area contributed by atoms with Crippen LogP contribution in [0, 0.1) is 0 Å². The molecule has 1 saturated heterocycles. The molecule has 3 heterocycles. The van der Waals surface area contributed by atoms with E-state index in [0.717, 1.165) is 16.9 Å². The standard InChI is InChI=1S/C20H24ClN3O5S2/c1-14(15-2-3-16-17(12-15)29-11-10-28-16)22-19(25)13-23-6-8-24(9-7-23)31(26,27)20-5-4-18(21)30-20/h2-5,12,14H,6-11,13H2,1H3,(H,22,25)/t14-/m1/s1. The molecule has 31 heavy (non-hydrogen) atoms. The molecule has 1 fully saturated rings. The molecular weight excluding hydrogens is 462 g/mol. The Morgan fingerprint density at radius 3 is 2.52 bits per heavy atom. The van der Waals surface area contributed by atoms with E-state index >= 15 is 0 Å². The maximum absolute atomic E-state index is 12.7. The molecular formula is C20H24ClN3O5S2.